The fourth-order valence-corrected chi connectivity index (χ4v) is 0.942. The lowest BCUT2D eigenvalue weighted by Gasteiger charge is -2.00. The van der Waals surface area contributed by atoms with Crippen LogP contribution in [0.15, 0.2) is 24.8 Å². The van der Waals surface area contributed by atoms with Gasteiger partial charge < -0.3 is 11.1 Å². The van der Waals surface area contributed by atoms with E-state index in [2.05, 4.69) is 34.4 Å². The molecule has 0 unspecified atom stereocenters. The molecule has 0 fully saturated rings. The first-order valence-corrected chi connectivity index (χ1v) is 5.41. The van der Waals surface area contributed by atoms with Crippen molar-refractivity contribution in [1.82, 2.24) is 15.3 Å². The Morgan fingerprint density at radius 2 is 2.00 bits per heavy atom. The molecule has 0 aliphatic heterocycles. The Morgan fingerprint density at radius 3 is 2.33 bits per heavy atom. The maximum atomic E-state index is 5.20. The highest BCUT2D eigenvalue weighted by atomic mass is 32.1. The minimum absolute atomic E-state index is 0.408. The molecule has 0 aromatic carbocycles. The molecule has 0 saturated heterocycles. The molecule has 0 aliphatic rings. The molecule has 3 N–H and O–H groups in total. The van der Waals surface area contributed by atoms with E-state index in [-0.39, 0.29) is 0 Å². The molecule has 1 heterocycles. The van der Waals surface area contributed by atoms with Crippen LogP contribution in [-0.4, -0.2) is 21.6 Å². The second kappa shape index (κ2) is 10.8. The molecule has 0 atom stereocenters. The number of nitrogens with zero attached hydrogens (tertiary/aromatic N) is 2. The predicted molar refractivity (Wildman–Crippen MR) is 66.3 cm³/mol. The fourth-order valence-electron chi connectivity index (χ4n) is 0.840. The van der Waals surface area contributed by atoms with Gasteiger partial charge in [-0.2, -0.15) is 0 Å². The smallest absolute Gasteiger partial charge is 0.163 e. The molecule has 15 heavy (non-hydrogen) atoms. The van der Waals surface area contributed by atoms with Gasteiger partial charge in [-0.3, -0.25) is 0 Å². The Labute approximate surface area is 96.3 Å². The minimum Gasteiger partial charge on any atom is -0.376 e. The van der Waals surface area contributed by atoms with Crippen molar-refractivity contribution >= 4 is 17.3 Å². The van der Waals surface area contributed by atoms with Gasteiger partial charge in [0.15, 0.2) is 5.11 Å². The Bertz CT molecular complexity index is 214. The van der Waals surface area contributed by atoms with E-state index in [1.807, 2.05) is 0 Å². The molecule has 0 aliphatic carbocycles. The zero-order valence-corrected chi connectivity index (χ0v) is 9.83. The highest BCUT2D eigenvalue weighted by Gasteiger charge is 1.85. The van der Waals surface area contributed by atoms with Gasteiger partial charge in [0.2, 0.25) is 0 Å². The third-order valence-corrected chi connectivity index (χ3v) is 1.70. The largest absolute Gasteiger partial charge is 0.376 e. The lowest BCUT2D eigenvalue weighted by molar-refractivity contribution is 0.696. The summed E-state index contributed by atoms with van der Waals surface area (Å²) in [5, 5.41) is 3.30. The second-order valence-electron chi connectivity index (χ2n) is 2.90. The number of rotatable bonds is 4. The van der Waals surface area contributed by atoms with Crippen molar-refractivity contribution in [2.24, 2.45) is 5.73 Å². The molecule has 0 spiro atoms. The summed E-state index contributed by atoms with van der Waals surface area (Å²) in [6, 6.07) is 1.78. The molecule has 0 bridgehead atoms. The maximum absolute atomic E-state index is 5.20. The number of unbranched alkanes of at least 4 members (excludes halogenated alkanes) is 2. The van der Waals surface area contributed by atoms with Crippen LogP contribution in [0.1, 0.15) is 26.2 Å². The van der Waals surface area contributed by atoms with E-state index < -0.39 is 0 Å². The Morgan fingerprint density at radius 1 is 1.33 bits per heavy atom. The van der Waals surface area contributed by atoms with Gasteiger partial charge >= 0.3 is 0 Å². The summed E-state index contributed by atoms with van der Waals surface area (Å²) in [6.45, 7) is 3.09. The van der Waals surface area contributed by atoms with Crippen molar-refractivity contribution in [3.8, 4) is 0 Å². The van der Waals surface area contributed by atoms with Crippen molar-refractivity contribution < 1.29 is 0 Å². The van der Waals surface area contributed by atoms with Crippen LogP contribution in [0.3, 0.4) is 0 Å². The summed E-state index contributed by atoms with van der Waals surface area (Å²) in [5.41, 5.74) is 5.20. The first-order valence-electron chi connectivity index (χ1n) is 5.00. The zero-order valence-electron chi connectivity index (χ0n) is 9.02. The van der Waals surface area contributed by atoms with E-state index in [1.54, 1.807) is 18.5 Å². The summed E-state index contributed by atoms with van der Waals surface area (Å²) in [5.74, 6) is 0. The molecule has 1 aromatic heterocycles. The molecule has 4 nitrogen and oxygen atoms in total. The number of thiocarbonyl (C=S) groups is 1. The van der Waals surface area contributed by atoms with Crippen molar-refractivity contribution in [1.29, 1.82) is 0 Å². The van der Waals surface area contributed by atoms with Gasteiger partial charge in [0.1, 0.15) is 6.33 Å². The average Bonchev–Trinajstić information content (AvgIpc) is 2.28. The van der Waals surface area contributed by atoms with E-state index in [0.717, 1.165) is 13.0 Å². The summed E-state index contributed by atoms with van der Waals surface area (Å²) < 4.78 is 0. The van der Waals surface area contributed by atoms with Crippen molar-refractivity contribution in [3.63, 3.8) is 0 Å². The summed E-state index contributed by atoms with van der Waals surface area (Å²) in [7, 11) is 0. The Balaban J connectivity index is 0.000000280. The molecular weight excluding hydrogens is 208 g/mol. The van der Waals surface area contributed by atoms with Crippen LogP contribution in [0.2, 0.25) is 0 Å². The van der Waals surface area contributed by atoms with Gasteiger partial charge in [-0.25, -0.2) is 9.97 Å². The number of hydrogen-bond donors (Lipinski definition) is 2. The monoisotopic (exact) mass is 226 g/mol. The van der Waals surface area contributed by atoms with Gasteiger partial charge in [-0.1, -0.05) is 19.8 Å². The highest BCUT2D eigenvalue weighted by Crippen LogP contribution is 1.90. The Hall–Kier alpha value is -1.23. The van der Waals surface area contributed by atoms with Crippen LogP contribution in [0.4, 0.5) is 0 Å². The molecule has 1 rings (SSSR count). The zero-order chi connectivity index (χ0) is 11.4. The van der Waals surface area contributed by atoms with Crippen molar-refractivity contribution in [3.05, 3.63) is 24.8 Å². The minimum atomic E-state index is 0.408. The van der Waals surface area contributed by atoms with E-state index in [9.17, 15) is 0 Å². The summed E-state index contributed by atoms with van der Waals surface area (Å²) in [4.78, 5) is 7.35. The number of aromatic nitrogens is 2. The third-order valence-electron chi connectivity index (χ3n) is 1.56. The molecule has 5 heteroatoms. The summed E-state index contributed by atoms with van der Waals surface area (Å²) in [6.07, 6.45) is 8.52. The van der Waals surface area contributed by atoms with E-state index in [1.165, 1.54) is 19.2 Å². The molecular formula is C10H18N4S. The van der Waals surface area contributed by atoms with Crippen LogP contribution < -0.4 is 11.1 Å². The van der Waals surface area contributed by atoms with Gasteiger partial charge in [-0.05, 0) is 24.7 Å². The molecule has 0 saturated carbocycles. The Kier molecular flexibility index (Phi) is 9.96. The lowest BCUT2D eigenvalue weighted by Crippen LogP contribution is -2.29. The average molecular weight is 226 g/mol. The lowest BCUT2D eigenvalue weighted by atomic mass is 10.2. The molecule has 0 radical (unpaired) electrons. The van der Waals surface area contributed by atoms with Crippen LogP contribution in [-0.2, 0) is 0 Å². The topological polar surface area (TPSA) is 63.8 Å². The second-order valence-corrected chi connectivity index (χ2v) is 3.34. The fraction of sp³-hybridized carbons (Fsp3) is 0.500. The van der Waals surface area contributed by atoms with E-state index in [0.29, 0.717) is 5.11 Å². The van der Waals surface area contributed by atoms with E-state index in [4.69, 9.17) is 5.73 Å². The quantitative estimate of drug-likeness (QED) is 0.601. The molecule has 84 valence electrons. The number of nitrogens with one attached hydrogen (secondary N) is 1. The maximum Gasteiger partial charge on any atom is 0.163 e. The predicted octanol–water partition coefficient (Wildman–Crippen LogP) is 1.49. The normalized spacial score (nSPS) is 8.60. The SMILES string of the molecule is CCCCCNC(N)=S.c1cncnc1. The third kappa shape index (κ3) is 12.8. The van der Waals surface area contributed by atoms with E-state index >= 15 is 0 Å². The van der Waals surface area contributed by atoms with Crippen LogP contribution in [0, 0.1) is 0 Å². The number of nitrogens with two attached hydrogens (primary N) is 1. The van der Waals surface area contributed by atoms with Crippen molar-refractivity contribution in [2.75, 3.05) is 6.54 Å². The highest BCUT2D eigenvalue weighted by molar-refractivity contribution is 7.80. The van der Waals surface area contributed by atoms with Crippen LogP contribution in [0.25, 0.3) is 0 Å². The molecule has 1 aromatic rings. The van der Waals surface area contributed by atoms with Gasteiger partial charge in [0, 0.05) is 18.9 Å². The van der Waals surface area contributed by atoms with Gasteiger partial charge in [-0.15, -0.1) is 0 Å². The summed E-state index contributed by atoms with van der Waals surface area (Å²) >= 11 is 4.61. The van der Waals surface area contributed by atoms with Crippen molar-refractivity contribution in [2.45, 2.75) is 26.2 Å². The van der Waals surface area contributed by atoms with Crippen LogP contribution >= 0.6 is 12.2 Å². The van der Waals surface area contributed by atoms with Gasteiger partial charge in [0.05, 0.1) is 0 Å². The first-order chi connectivity index (χ1) is 7.27. The number of hydrogen-bond acceptors (Lipinski definition) is 3. The van der Waals surface area contributed by atoms with Crippen LogP contribution in [0.5, 0.6) is 0 Å². The standard InChI is InChI=1S/C6H14N2S.C4H4N2/c1-2-3-4-5-8-6(7)9;1-2-5-4-6-3-1/h2-5H2,1H3,(H3,7,8,9);1-4H. The van der Waals surface area contributed by atoms with Gasteiger partial charge in [0.25, 0.3) is 0 Å². The molecule has 0 amide bonds. The first kappa shape index (κ1) is 13.8.